The van der Waals surface area contributed by atoms with Crippen molar-refractivity contribution in [3.63, 3.8) is 0 Å². The smallest absolute Gasteiger partial charge is 0.138 e. The average Bonchev–Trinajstić information content (AvgIpc) is 2.57. The summed E-state index contributed by atoms with van der Waals surface area (Å²) in [5, 5.41) is 9.30. The minimum absolute atomic E-state index is 0.201. The molecule has 3 nitrogen and oxygen atoms in total. The quantitative estimate of drug-likeness (QED) is 0.660. The predicted molar refractivity (Wildman–Crippen MR) is 79.8 cm³/mol. The topological polar surface area (TPSA) is 35.5 Å². The van der Waals surface area contributed by atoms with E-state index in [1.165, 1.54) is 6.07 Å². The Morgan fingerprint density at radius 2 is 2.16 bits per heavy atom. The number of hydroxylamine groups is 1. The Labute approximate surface area is 122 Å². The van der Waals surface area contributed by atoms with Crippen LogP contribution in [-0.4, -0.2) is 31.9 Å². The largest absolute Gasteiger partial charge is 0.338 e. The van der Waals surface area contributed by atoms with Crippen molar-refractivity contribution < 1.29 is 9.60 Å². The lowest BCUT2D eigenvalue weighted by molar-refractivity contribution is 0.0573. The van der Waals surface area contributed by atoms with E-state index in [2.05, 4.69) is 5.48 Å². The number of thiocarbonyl (C=S) groups is 1. The third kappa shape index (κ3) is 3.08. The minimum atomic E-state index is -0.253. The molecule has 1 aromatic carbocycles. The molecule has 19 heavy (non-hydrogen) atoms. The van der Waals surface area contributed by atoms with Crippen LogP contribution in [0.2, 0.25) is 0 Å². The zero-order chi connectivity index (χ0) is 14.0. The van der Waals surface area contributed by atoms with E-state index in [0.29, 0.717) is 18.5 Å². The van der Waals surface area contributed by atoms with E-state index in [1.54, 1.807) is 23.9 Å². The van der Waals surface area contributed by atoms with Crippen LogP contribution in [0.1, 0.15) is 19.4 Å². The van der Waals surface area contributed by atoms with E-state index in [9.17, 15) is 9.60 Å². The van der Waals surface area contributed by atoms with E-state index >= 15 is 0 Å². The summed E-state index contributed by atoms with van der Waals surface area (Å²) in [6.07, 6.45) is 0.304. The van der Waals surface area contributed by atoms with Gasteiger partial charge in [0.1, 0.15) is 16.3 Å². The lowest BCUT2D eigenvalue weighted by Gasteiger charge is -2.30. The van der Waals surface area contributed by atoms with E-state index in [4.69, 9.17) is 12.2 Å². The van der Waals surface area contributed by atoms with Gasteiger partial charge in [-0.1, -0.05) is 42.2 Å². The second-order valence-electron chi connectivity index (χ2n) is 5.04. The van der Waals surface area contributed by atoms with E-state index in [1.807, 2.05) is 24.8 Å². The molecule has 1 fully saturated rings. The van der Waals surface area contributed by atoms with Crippen LogP contribution in [0.4, 0.5) is 4.39 Å². The summed E-state index contributed by atoms with van der Waals surface area (Å²) in [5.74, 6) is -0.201. The predicted octanol–water partition coefficient (Wildman–Crippen LogP) is 2.79. The van der Waals surface area contributed by atoms with Gasteiger partial charge in [-0.2, -0.15) is 5.48 Å². The van der Waals surface area contributed by atoms with Crippen LogP contribution < -0.4 is 5.48 Å². The molecule has 104 valence electrons. The number of rotatable bonds is 4. The van der Waals surface area contributed by atoms with Crippen molar-refractivity contribution in [1.82, 2.24) is 10.4 Å². The molecule has 0 saturated carbocycles. The van der Waals surface area contributed by atoms with Crippen molar-refractivity contribution in [3.05, 3.63) is 35.6 Å². The van der Waals surface area contributed by atoms with E-state index < -0.39 is 0 Å². The fourth-order valence-corrected chi connectivity index (χ4v) is 4.10. The summed E-state index contributed by atoms with van der Waals surface area (Å²) in [4.78, 5) is 1.91. The van der Waals surface area contributed by atoms with Crippen molar-refractivity contribution in [2.24, 2.45) is 0 Å². The maximum absolute atomic E-state index is 13.6. The third-order valence-electron chi connectivity index (χ3n) is 3.26. The van der Waals surface area contributed by atoms with Gasteiger partial charge in [-0.25, -0.2) is 4.39 Å². The van der Waals surface area contributed by atoms with Gasteiger partial charge in [-0.3, -0.25) is 0 Å². The Bertz CT molecular complexity index is 481. The highest BCUT2D eigenvalue weighted by atomic mass is 32.2. The highest BCUT2D eigenvalue weighted by Crippen LogP contribution is 2.39. The number of hydrogen-bond acceptors (Lipinski definition) is 4. The molecule has 0 amide bonds. The van der Waals surface area contributed by atoms with Gasteiger partial charge in [0.05, 0.1) is 4.75 Å². The number of hydrogen-bond donors (Lipinski definition) is 2. The van der Waals surface area contributed by atoms with Gasteiger partial charge >= 0.3 is 0 Å². The van der Waals surface area contributed by atoms with Gasteiger partial charge in [0.2, 0.25) is 0 Å². The highest BCUT2D eigenvalue weighted by Gasteiger charge is 2.44. The molecule has 0 aliphatic carbocycles. The number of thioether (sulfide) groups is 1. The first kappa shape index (κ1) is 14.7. The third-order valence-corrected chi connectivity index (χ3v) is 4.90. The molecule has 1 saturated heterocycles. The summed E-state index contributed by atoms with van der Waals surface area (Å²) in [7, 11) is 0. The summed E-state index contributed by atoms with van der Waals surface area (Å²) in [6, 6.07) is 6.73. The molecule has 2 rings (SSSR count). The molecule has 1 aromatic rings. The minimum Gasteiger partial charge on any atom is -0.338 e. The summed E-state index contributed by atoms with van der Waals surface area (Å²) >= 11 is 6.87. The van der Waals surface area contributed by atoms with E-state index in [-0.39, 0.29) is 16.7 Å². The first-order chi connectivity index (χ1) is 8.95. The van der Waals surface area contributed by atoms with Crippen molar-refractivity contribution in [3.8, 4) is 0 Å². The maximum atomic E-state index is 13.6. The molecule has 0 unspecified atom stereocenters. The Morgan fingerprint density at radius 3 is 2.79 bits per heavy atom. The van der Waals surface area contributed by atoms with Gasteiger partial charge in [0, 0.05) is 6.54 Å². The van der Waals surface area contributed by atoms with Crippen LogP contribution >= 0.6 is 24.0 Å². The molecule has 1 aliphatic rings. The maximum Gasteiger partial charge on any atom is 0.138 e. The van der Waals surface area contributed by atoms with Gasteiger partial charge < -0.3 is 10.1 Å². The van der Waals surface area contributed by atoms with Crippen LogP contribution in [0, 0.1) is 5.82 Å². The SMILES string of the molecule is CC1(C)SC(=S)N(CCc2ccccc2F)[C@H]1NO. The fraction of sp³-hybridized carbons (Fsp3) is 0.462. The number of halogens is 1. The fourth-order valence-electron chi connectivity index (χ4n) is 2.21. The Kier molecular flexibility index (Phi) is 4.45. The molecule has 1 atom stereocenters. The molecule has 1 heterocycles. The van der Waals surface area contributed by atoms with Crippen molar-refractivity contribution in [1.29, 1.82) is 0 Å². The Morgan fingerprint density at radius 1 is 1.47 bits per heavy atom. The van der Waals surface area contributed by atoms with E-state index in [0.717, 1.165) is 4.32 Å². The van der Waals surface area contributed by atoms with Gasteiger partial charge in [-0.05, 0) is 31.9 Å². The van der Waals surface area contributed by atoms with Crippen LogP contribution in [-0.2, 0) is 6.42 Å². The van der Waals surface area contributed by atoms with Gasteiger partial charge in [0.25, 0.3) is 0 Å². The Balaban J connectivity index is 2.07. The van der Waals surface area contributed by atoms with Gasteiger partial charge in [-0.15, -0.1) is 0 Å². The normalized spacial score (nSPS) is 22.0. The summed E-state index contributed by atoms with van der Waals surface area (Å²) < 4.78 is 14.1. The molecule has 0 bridgehead atoms. The van der Waals surface area contributed by atoms with Crippen molar-refractivity contribution in [2.45, 2.75) is 31.2 Å². The second-order valence-corrected chi connectivity index (χ2v) is 7.33. The molecule has 0 aromatic heterocycles. The molecule has 0 spiro atoms. The molecule has 2 N–H and O–H groups in total. The first-order valence-corrected chi connectivity index (χ1v) is 7.31. The molecule has 0 radical (unpaired) electrons. The van der Waals surface area contributed by atoms with Crippen molar-refractivity contribution >= 4 is 28.3 Å². The lowest BCUT2D eigenvalue weighted by Crippen LogP contribution is -2.50. The van der Waals surface area contributed by atoms with Crippen LogP contribution in [0.3, 0.4) is 0 Å². The average molecular weight is 300 g/mol. The molecular weight excluding hydrogens is 283 g/mol. The highest BCUT2D eigenvalue weighted by molar-refractivity contribution is 8.24. The molecule has 6 heteroatoms. The number of nitrogens with zero attached hydrogens (tertiary/aromatic N) is 1. The van der Waals surface area contributed by atoms with Crippen molar-refractivity contribution in [2.75, 3.05) is 6.54 Å². The van der Waals surface area contributed by atoms with Crippen LogP contribution in [0.5, 0.6) is 0 Å². The zero-order valence-electron chi connectivity index (χ0n) is 10.9. The standard InChI is InChI=1S/C13H17FN2OS2/c1-13(2)11(15-17)16(12(18)19-13)8-7-9-5-3-4-6-10(9)14/h3-6,11,15,17H,7-8H2,1-2H3/t11-/m1/s1. The zero-order valence-corrected chi connectivity index (χ0v) is 12.5. The first-order valence-electron chi connectivity index (χ1n) is 6.08. The molecular formula is C13H17FN2OS2. The lowest BCUT2D eigenvalue weighted by atomic mass is 10.1. The monoisotopic (exact) mass is 300 g/mol. The Hall–Kier alpha value is -0.690. The summed E-state index contributed by atoms with van der Waals surface area (Å²) in [6.45, 7) is 4.61. The van der Waals surface area contributed by atoms with Crippen LogP contribution in [0.15, 0.2) is 24.3 Å². The van der Waals surface area contributed by atoms with Gasteiger partial charge in [0.15, 0.2) is 0 Å². The second kappa shape index (κ2) is 5.75. The number of nitrogens with one attached hydrogen (secondary N) is 1. The number of benzene rings is 1. The van der Waals surface area contributed by atoms with Crippen LogP contribution in [0.25, 0.3) is 0 Å². The molecule has 1 aliphatic heterocycles. The summed E-state index contributed by atoms with van der Waals surface area (Å²) in [5.41, 5.74) is 2.97.